The molecule has 0 fully saturated rings. The molecule has 0 atom stereocenters. The molecule has 0 saturated heterocycles. The third kappa shape index (κ3) is 3.18. The number of hydrogen-bond donors (Lipinski definition) is 1. The number of hydrogen-bond acceptors (Lipinski definition) is 3. The molecular weight excluding hydrogens is 325 g/mol. The summed E-state index contributed by atoms with van der Waals surface area (Å²) in [4.78, 5) is 12.0. The first kappa shape index (κ1) is 14.8. The zero-order valence-corrected chi connectivity index (χ0v) is 12.8. The highest BCUT2D eigenvalue weighted by atomic mass is 35.5. The molecular formula is C16H11Cl2NO3. The first-order valence-corrected chi connectivity index (χ1v) is 7.22. The summed E-state index contributed by atoms with van der Waals surface area (Å²) < 4.78 is 10.5. The van der Waals surface area contributed by atoms with Crippen molar-refractivity contribution in [3.05, 3.63) is 58.1 Å². The maximum atomic E-state index is 12.0. The van der Waals surface area contributed by atoms with E-state index in [4.69, 9.17) is 32.7 Å². The van der Waals surface area contributed by atoms with E-state index in [-0.39, 0.29) is 12.7 Å². The van der Waals surface area contributed by atoms with Gasteiger partial charge in [-0.15, -0.1) is 0 Å². The molecule has 0 bridgehead atoms. The molecule has 0 aromatic heterocycles. The number of para-hydroxylation sites is 1. The number of carbonyl (C=O) groups excluding carboxylic acids is 1. The van der Waals surface area contributed by atoms with E-state index in [0.29, 0.717) is 27.2 Å². The number of nitrogens with one attached hydrogen (secondary N) is 1. The molecule has 1 N–H and O–H groups in total. The lowest BCUT2D eigenvalue weighted by molar-refractivity contribution is -0.111. The van der Waals surface area contributed by atoms with Gasteiger partial charge in [0.25, 0.3) is 0 Å². The van der Waals surface area contributed by atoms with Gasteiger partial charge in [0.05, 0.1) is 15.7 Å². The summed E-state index contributed by atoms with van der Waals surface area (Å²) in [5.74, 6) is 1.04. The SMILES string of the molecule is O=C(/C=C/c1ccc2c(c1)OCO2)Nc1c(Cl)cccc1Cl. The van der Waals surface area contributed by atoms with Crippen molar-refractivity contribution >= 4 is 40.9 Å². The van der Waals surface area contributed by atoms with Crippen LogP contribution < -0.4 is 14.8 Å². The number of halogens is 2. The van der Waals surface area contributed by atoms with Gasteiger partial charge in [-0.3, -0.25) is 4.79 Å². The van der Waals surface area contributed by atoms with Crippen LogP contribution in [-0.2, 0) is 4.79 Å². The van der Waals surface area contributed by atoms with Crippen molar-refractivity contribution in [2.45, 2.75) is 0 Å². The first-order valence-electron chi connectivity index (χ1n) is 6.46. The largest absolute Gasteiger partial charge is 0.454 e. The second-order valence-electron chi connectivity index (χ2n) is 4.53. The van der Waals surface area contributed by atoms with E-state index in [1.165, 1.54) is 6.08 Å². The topological polar surface area (TPSA) is 47.6 Å². The summed E-state index contributed by atoms with van der Waals surface area (Å²) in [5.41, 5.74) is 1.22. The van der Waals surface area contributed by atoms with Crippen molar-refractivity contribution in [2.75, 3.05) is 12.1 Å². The maximum absolute atomic E-state index is 12.0. The van der Waals surface area contributed by atoms with Gasteiger partial charge in [-0.2, -0.15) is 0 Å². The molecule has 1 aliphatic heterocycles. The third-order valence-electron chi connectivity index (χ3n) is 3.03. The zero-order valence-electron chi connectivity index (χ0n) is 11.3. The number of anilines is 1. The van der Waals surface area contributed by atoms with Crippen LogP contribution in [0.2, 0.25) is 10.0 Å². The van der Waals surface area contributed by atoms with Crippen molar-refractivity contribution in [3.63, 3.8) is 0 Å². The quantitative estimate of drug-likeness (QED) is 0.847. The lowest BCUT2D eigenvalue weighted by atomic mass is 10.2. The first-order chi connectivity index (χ1) is 10.6. The highest BCUT2D eigenvalue weighted by molar-refractivity contribution is 6.39. The van der Waals surface area contributed by atoms with Gasteiger partial charge in [-0.25, -0.2) is 0 Å². The van der Waals surface area contributed by atoms with Crippen molar-refractivity contribution < 1.29 is 14.3 Å². The Balaban J connectivity index is 1.71. The van der Waals surface area contributed by atoms with Gasteiger partial charge in [0.15, 0.2) is 11.5 Å². The Morgan fingerprint density at radius 2 is 1.82 bits per heavy atom. The van der Waals surface area contributed by atoms with Gasteiger partial charge in [0.1, 0.15) is 0 Å². The van der Waals surface area contributed by atoms with E-state index in [2.05, 4.69) is 5.32 Å². The fourth-order valence-corrected chi connectivity index (χ4v) is 2.46. The standard InChI is InChI=1S/C16H11Cl2NO3/c17-11-2-1-3-12(18)16(11)19-15(20)7-5-10-4-6-13-14(8-10)22-9-21-13/h1-8H,9H2,(H,19,20)/b7-5+. The zero-order chi connectivity index (χ0) is 15.5. The van der Waals surface area contributed by atoms with E-state index < -0.39 is 0 Å². The van der Waals surface area contributed by atoms with Crippen LogP contribution in [0.15, 0.2) is 42.5 Å². The molecule has 6 heteroatoms. The highest BCUT2D eigenvalue weighted by Gasteiger charge is 2.12. The highest BCUT2D eigenvalue weighted by Crippen LogP contribution is 2.33. The number of amides is 1. The smallest absolute Gasteiger partial charge is 0.248 e. The van der Waals surface area contributed by atoms with Crippen LogP contribution in [0.4, 0.5) is 5.69 Å². The van der Waals surface area contributed by atoms with Gasteiger partial charge in [-0.05, 0) is 35.9 Å². The van der Waals surface area contributed by atoms with E-state index in [9.17, 15) is 4.79 Å². The Hall–Kier alpha value is -2.17. The fraction of sp³-hybridized carbons (Fsp3) is 0.0625. The maximum Gasteiger partial charge on any atom is 0.248 e. The fourth-order valence-electron chi connectivity index (χ4n) is 1.97. The minimum Gasteiger partial charge on any atom is -0.454 e. The Morgan fingerprint density at radius 3 is 2.59 bits per heavy atom. The second kappa shape index (κ2) is 6.30. The van der Waals surface area contributed by atoms with E-state index in [1.807, 2.05) is 6.07 Å². The average molecular weight is 336 g/mol. The summed E-state index contributed by atoms with van der Waals surface area (Å²) in [6, 6.07) is 10.5. The van der Waals surface area contributed by atoms with Crippen LogP contribution in [0.3, 0.4) is 0 Å². The number of benzene rings is 2. The molecule has 4 nitrogen and oxygen atoms in total. The van der Waals surface area contributed by atoms with Gasteiger partial charge in [0.2, 0.25) is 12.7 Å². The molecule has 0 saturated carbocycles. The second-order valence-corrected chi connectivity index (χ2v) is 5.35. The third-order valence-corrected chi connectivity index (χ3v) is 3.66. The Morgan fingerprint density at radius 1 is 1.09 bits per heavy atom. The molecule has 2 aromatic carbocycles. The molecule has 1 amide bonds. The van der Waals surface area contributed by atoms with Crippen molar-refractivity contribution in [3.8, 4) is 11.5 Å². The summed E-state index contributed by atoms with van der Waals surface area (Å²) in [7, 11) is 0. The Labute approximate surface area is 137 Å². The van der Waals surface area contributed by atoms with Gasteiger partial charge >= 0.3 is 0 Å². The van der Waals surface area contributed by atoms with Crippen molar-refractivity contribution in [2.24, 2.45) is 0 Å². The molecule has 1 aliphatic rings. The summed E-state index contributed by atoms with van der Waals surface area (Å²) >= 11 is 12.0. The molecule has 1 heterocycles. The molecule has 112 valence electrons. The van der Waals surface area contributed by atoms with Gasteiger partial charge in [-0.1, -0.05) is 35.3 Å². The minimum absolute atomic E-state index is 0.216. The monoisotopic (exact) mass is 335 g/mol. The van der Waals surface area contributed by atoms with Crippen LogP contribution in [0.1, 0.15) is 5.56 Å². The van der Waals surface area contributed by atoms with Crippen LogP contribution in [-0.4, -0.2) is 12.7 Å². The Kier molecular flexibility index (Phi) is 4.22. The van der Waals surface area contributed by atoms with Crippen LogP contribution >= 0.6 is 23.2 Å². The van der Waals surface area contributed by atoms with Crippen LogP contribution in [0.5, 0.6) is 11.5 Å². The number of carbonyl (C=O) groups is 1. The molecule has 0 spiro atoms. The molecule has 2 aromatic rings. The van der Waals surface area contributed by atoms with Crippen molar-refractivity contribution in [1.29, 1.82) is 0 Å². The lowest BCUT2D eigenvalue weighted by Crippen LogP contribution is -2.08. The van der Waals surface area contributed by atoms with E-state index >= 15 is 0 Å². The van der Waals surface area contributed by atoms with Gasteiger partial charge in [0, 0.05) is 6.08 Å². The molecule has 22 heavy (non-hydrogen) atoms. The van der Waals surface area contributed by atoms with E-state index in [0.717, 1.165) is 5.56 Å². The Bertz CT molecular complexity index is 739. The molecule has 0 unspecified atom stereocenters. The number of rotatable bonds is 3. The minimum atomic E-state index is -0.326. The number of fused-ring (bicyclic) bond motifs is 1. The average Bonchev–Trinajstić information content (AvgIpc) is 2.96. The van der Waals surface area contributed by atoms with E-state index in [1.54, 1.807) is 36.4 Å². The molecule has 0 aliphatic carbocycles. The normalized spacial score (nSPS) is 12.6. The van der Waals surface area contributed by atoms with Crippen molar-refractivity contribution in [1.82, 2.24) is 0 Å². The summed E-state index contributed by atoms with van der Waals surface area (Å²) in [5, 5.41) is 3.43. The summed E-state index contributed by atoms with van der Waals surface area (Å²) in [6.07, 6.45) is 3.07. The van der Waals surface area contributed by atoms with Gasteiger partial charge < -0.3 is 14.8 Å². The molecule has 3 rings (SSSR count). The number of ether oxygens (including phenoxy) is 2. The predicted octanol–water partition coefficient (Wildman–Crippen LogP) is 4.37. The lowest BCUT2D eigenvalue weighted by Gasteiger charge is -2.06. The van der Waals surface area contributed by atoms with Crippen LogP contribution in [0.25, 0.3) is 6.08 Å². The molecule has 0 radical (unpaired) electrons. The predicted molar refractivity (Wildman–Crippen MR) is 86.7 cm³/mol. The summed E-state index contributed by atoms with van der Waals surface area (Å²) in [6.45, 7) is 0.216. The van der Waals surface area contributed by atoms with Crippen LogP contribution in [0, 0.1) is 0 Å².